The van der Waals surface area contributed by atoms with Crippen molar-refractivity contribution >= 4 is 5.91 Å². The Hall–Kier alpha value is -0.650. The number of carbonyl (C=O) groups excluding carboxylic acids is 1. The normalized spacial score (nSPS) is 12.4. The van der Waals surface area contributed by atoms with E-state index in [1.807, 2.05) is 0 Å². The van der Waals surface area contributed by atoms with Crippen LogP contribution in [-0.4, -0.2) is 45.9 Å². The highest BCUT2D eigenvalue weighted by atomic mass is 16.5. The fourth-order valence-electron chi connectivity index (χ4n) is 1.50. The van der Waals surface area contributed by atoms with Crippen LogP contribution in [0.15, 0.2) is 0 Å². The number of amides is 1. The van der Waals surface area contributed by atoms with Crippen LogP contribution in [-0.2, 0) is 14.3 Å². The summed E-state index contributed by atoms with van der Waals surface area (Å²) in [6.07, 6.45) is 4.65. The maximum absolute atomic E-state index is 11.5. The second-order valence-electron chi connectivity index (χ2n) is 4.07. The minimum atomic E-state index is -0.0683. The molecule has 0 saturated carbocycles. The molecule has 0 aromatic carbocycles. The molecule has 5 nitrogen and oxygen atoms in total. The van der Waals surface area contributed by atoms with E-state index in [2.05, 4.69) is 5.32 Å². The number of carbonyl (C=O) groups is 1. The molecular weight excluding hydrogens is 220 g/mol. The quantitative estimate of drug-likeness (QED) is 0.526. The molecule has 0 spiro atoms. The molecule has 0 fully saturated rings. The van der Waals surface area contributed by atoms with Gasteiger partial charge in [0.2, 0.25) is 5.91 Å². The highest BCUT2D eigenvalue weighted by Gasteiger charge is 2.08. The van der Waals surface area contributed by atoms with Gasteiger partial charge in [-0.25, -0.2) is 0 Å². The zero-order chi connectivity index (χ0) is 12.9. The van der Waals surface area contributed by atoms with Crippen LogP contribution in [0.4, 0.5) is 0 Å². The van der Waals surface area contributed by atoms with Gasteiger partial charge in [0.1, 0.15) is 0 Å². The molecule has 0 bridgehead atoms. The summed E-state index contributed by atoms with van der Waals surface area (Å²) >= 11 is 0. The smallest absolute Gasteiger partial charge is 0.220 e. The number of nitrogens with one attached hydrogen (secondary N) is 1. The van der Waals surface area contributed by atoms with E-state index >= 15 is 0 Å². The molecule has 102 valence electrons. The summed E-state index contributed by atoms with van der Waals surface area (Å²) in [4.78, 5) is 11.5. The van der Waals surface area contributed by atoms with Gasteiger partial charge in [0.05, 0.1) is 12.7 Å². The molecule has 3 N–H and O–H groups in total. The molecule has 1 amide bonds. The van der Waals surface area contributed by atoms with Crippen molar-refractivity contribution in [2.45, 2.75) is 38.2 Å². The number of hydrogen-bond acceptors (Lipinski definition) is 4. The summed E-state index contributed by atoms with van der Waals surface area (Å²) in [6.45, 7) is 1.73. The van der Waals surface area contributed by atoms with Gasteiger partial charge in [-0.15, -0.1) is 0 Å². The first-order chi connectivity index (χ1) is 8.24. The first-order valence-corrected chi connectivity index (χ1v) is 6.23. The predicted molar refractivity (Wildman–Crippen MR) is 67.8 cm³/mol. The maximum atomic E-state index is 11.5. The van der Waals surface area contributed by atoms with Crippen LogP contribution in [0.2, 0.25) is 0 Å². The third kappa shape index (κ3) is 10.2. The SMILES string of the molecule is COCC(CNC(=O)CCCCCCN)OC. The summed E-state index contributed by atoms with van der Waals surface area (Å²) in [5.74, 6) is 0.0795. The van der Waals surface area contributed by atoms with Crippen LogP contribution >= 0.6 is 0 Å². The van der Waals surface area contributed by atoms with Gasteiger partial charge in [0, 0.05) is 27.2 Å². The first kappa shape index (κ1) is 16.4. The van der Waals surface area contributed by atoms with Gasteiger partial charge < -0.3 is 20.5 Å². The van der Waals surface area contributed by atoms with E-state index in [9.17, 15) is 4.79 Å². The summed E-state index contributed by atoms with van der Waals surface area (Å²) in [5, 5.41) is 2.84. The molecule has 0 radical (unpaired) electrons. The number of hydrogen-bond donors (Lipinski definition) is 2. The summed E-state index contributed by atoms with van der Waals surface area (Å²) in [6, 6.07) is 0. The Morgan fingerprint density at radius 3 is 2.53 bits per heavy atom. The number of rotatable bonds is 11. The molecule has 0 saturated heterocycles. The van der Waals surface area contributed by atoms with E-state index in [1.54, 1.807) is 14.2 Å². The van der Waals surface area contributed by atoms with Gasteiger partial charge >= 0.3 is 0 Å². The lowest BCUT2D eigenvalue weighted by molar-refractivity contribution is -0.122. The molecule has 17 heavy (non-hydrogen) atoms. The van der Waals surface area contributed by atoms with E-state index < -0.39 is 0 Å². The first-order valence-electron chi connectivity index (χ1n) is 6.23. The Morgan fingerprint density at radius 2 is 1.94 bits per heavy atom. The Balaban J connectivity index is 3.44. The van der Waals surface area contributed by atoms with Gasteiger partial charge in [0.15, 0.2) is 0 Å². The summed E-state index contributed by atoms with van der Waals surface area (Å²) in [5.41, 5.74) is 5.39. The predicted octanol–water partition coefficient (Wildman–Crippen LogP) is 0.673. The monoisotopic (exact) mass is 246 g/mol. The second-order valence-corrected chi connectivity index (χ2v) is 4.07. The standard InChI is InChI=1S/C12H26N2O3/c1-16-10-11(17-2)9-14-12(15)7-5-3-4-6-8-13/h11H,3-10,13H2,1-2H3,(H,14,15). The fourth-order valence-corrected chi connectivity index (χ4v) is 1.50. The van der Waals surface area contributed by atoms with Crippen molar-refractivity contribution in [1.82, 2.24) is 5.32 Å². The lowest BCUT2D eigenvalue weighted by Crippen LogP contribution is -2.35. The lowest BCUT2D eigenvalue weighted by Gasteiger charge is -2.14. The number of methoxy groups -OCH3 is 2. The van der Waals surface area contributed by atoms with E-state index in [0.29, 0.717) is 19.6 Å². The highest BCUT2D eigenvalue weighted by molar-refractivity contribution is 5.75. The van der Waals surface area contributed by atoms with Gasteiger partial charge in [-0.3, -0.25) is 4.79 Å². The molecule has 0 heterocycles. The van der Waals surface area contributed by atoms with Crippen molar-refractivity contribution < 1.29 is 14.3 Å². The van der Waals surface area contributed by atoms with Crippen LogP contribution in [0.1, 0.15) is 32.1 Å². The van der Waals surface area contributed by atoms with Gasteiger partial charge in [-0.1, -0.05) is 12.8 Å². The molecule has 1 atom stereocenters. The van der Waals surface area contributed by atoms with E-state index in [4.69, 9.17) is 15.2 Å². The molecular formula is C12H26N2O3. The van der Waals surface area contributed by atoms with Crippen LogP contribution in [0, 0.1) is 0 Å². The van der Waals surface area contributed by atoms with Crippen molar-refractivity contribution in [3.8, 4) is 0 Å². The van der Waals surface area contributed by atoms with E-state index in [-0.39, 0.29) is 12.0 Å². The molecule has 0 aromatic rings. The zero-order valence-electron chi connectivity index (χ0n) is 11.0. The molecule has 5 heteroatoms. The van der Waals surface area contributed by atoms with Crippen LogP contribution in [0.3, 0.4) is 0 Å². The Labute approximate surface area is 104 Å². The zero-order valence-corrected chi connectivity index (χ0v) is 11.0. The summed E-state index contributed by atoms with van der Waals surface area (Å²) in [7, 11) is 3.23. The molecule has 0 aliphatic heterocycles. The maximum Gasteiger partial charge on any atom is 0.220 e. The van der Waals surface area contributed by atoms with Gasteiger partial charge in [0.25, 0.3) is 0 Å². The van der Waals surface area contributed by atoms with Crippen molar-refractivity contribution in [1.29, 1.82) is 0 Å². The third-order valence-electron chi connectivity index (χ3n) is 2.57. The van der Waals surface area contributed by atoms with Crippen molar-refractivity contribution in [3.63, 3.8) is 0 Å². The minimum Gasteiger partial charge on any atom is -0.382 e. The molecule has 0 aliphatic rings. The second kappa shape index (κ2) is 11.8. The van der Waals surface area contributed by atoms with Crippen molar-refractivity contribution in [2.75, 3.05) is 33.9 Å². The highest BCUT2D eigenvalue weighted by Crippen LogP contribution is 2.02. The van der Waals surface area contributed by atoms with Gasteiger partial charge in [-0.05, 0) is 19.4 Å². The van der Waals surface area contributed by atoms with Crippen LogP contribution in [0.5, 0.6) is 0 Å². The van der Waals surface area contributed by atoms with Crippen molar-refractivity contribution in [3.05, 3.63) is 0 Å². The van der Waals surface area contributed by atoms with Crippen LogP contribution < -0.4 is 11.1 Å². The third-order valence-corrected chi connectivity index (χ3v) is 2.57. The molecule has 1 unspecified atom stereocenters. The Kier molecular flexibility index (Phi) is 11.4. The fraction of sp³-hybridized carbons (Fsp3) is 0.917. The molecule has 0 rings (SSSR count). The topological polar surface area (TPSA) is 73.6 Å². The average Bonchev–Trinajstić information content (AvgIpc) is 2.34. The molecule has 0 aliphatic carbocycles. The number of ether oxygens (including phenoxy) is 2. The number of unbranched alkanes of at least 4 members (excludes halogenated alkanes) is 3. The van der Waals surface area contributed by atoms with E-state index in [1.165, 1.54) is 0 Å². The average molecular weight is 246 g/mol. The lowest BCUT2D eigenvalue weighted by atomic mass is 10.1. The van der Waals surface area contributed by atoms with Crippen molar-refractivity contribution in [2.24, 2.45) is 5.73 Å². The minimum absolute atomic E-state index is 0.0683. The van der Waals surface area contributed by atoms with Gasteiger partial charge in [-0.2, -0.15) is 0 Å². The summed E-state index contributed by atoms with van der Waals surface area (Å²) < 4.78 is 10.1. The molecule has 0 aromatic heterocycles. The Morgan fingerprint density at radius 1 is 1.24 bits per heavy atom. The van der Waals surface area contributed by atoms with Crippen LogP contribution in [0.25, 0.3) is 0 Å². The largest absolute Gasteiger partial charge is 0.382 e. The Bertz CT molecular complexity index is 189. The van der Waals surface area contributed by atoms with E-state index in [0.717, 1.165) is 32.2 Å². The number of nitrogens with two attached hydrogens (primary N) is 1.